The van der Waals surface area contributed by atoms with E-state index in [4.69, 9.17) is 28.5 Å². The number of nitrogens with zero attached hydrogens (tertiary/aromatic N) is 1. The van der Waals surface area contributed by atoms with Gasteiger partial charge in [-0.15, -0.1) is 0 Å². The molecule has 0 saturated heterocycles. The Balaban J connectivity index is 2.37. The van der Waals surface area contributed by atoms with Crippen molar-refractivity contribution in [1.29, 1.82) is 5.26 Å². The van der Waals surface area contributed by atoms with Crippen LogP contribution < -0.4 is 5.32 Å². The van der Waals surface area contributed by atoms with Crippen molar-refractivity contribution in [2.45, 2.75) is 0 Å². The van der Waals surface area contributed by atoms with Crippen molar-refractivity contribution in [2.24, 2.45) is 0 Å². The number of rotatable bonds is 2. The molecule has 2 nitrogen and oxygen atoms in total. The van der Waals surface area contributed by atoms with Crippen LogP contribution in [-0.2, 0) is 0 Å². The van der Waals surface area contributed by atoms with Crippen LogP contribution in [0.1, 0.15) is 5.56 Å². The van der Waals surface area contributed by atoms with E-state index in [1.807, 2.05) is 6.07 Å². The van der Waals surface area contributed by atoms with Crippen LogP contribution in [-0.4, -0.2) is 0 Å². The Kier molecular flexibility index (Phi) is 3.71. The molecule has 0 aliphatic carbocycles. The topological polar surface area (TPSA) is 35.8 Å². The molecule has 0 aromatic heterocycles. The Morgan fingerprint density at radius 2 is 1.78 bits per heavy atom. The van der Waals surface area contributed by atoms with Gasteiger partial charge in [-0.3, -0.25) is 0 Å². The molecule has 0 spiro atoms. The summed E-state index contributed by atoms with van der Waals surface area (Å²) >= 11 is 11.7. The van der Waals surface area contributed by atoms with Gasteiger partial charge >= 0.3 is 0 Å². The van der Waals surface area contributed by atoms with Crippen molar-refractivity contribution in [3.05, 3.63) is 57.8 Å². The number of nitrogens with one attached hydrogen (secondary N) is 1. The lowest BCUT2D eigenvalue weighted by Crippen LogP contribution is -1.94. The van der Waals surface area contributed by atoms with E-state index < -0.39 is 5.82 Å². The molecule has 0 fully saturated rings. The average molecular weight is 281 g/mol. The maximum atomic E-state index is 12.9. The molecule has 18 heavy (non-hydrogen) atoms. The van der Waals surface area contributed by atoms with Crippen molar-refractivity contribution in [2.75, 3.05) is 5.32 Å². The monoisotopic (exact) mass is 280 g/mol. The van der Waals surface area contributed by atoms with Crippen LogP contribution in [0.3, 0.4) is 0 Å². The van der Waals surface area contributed by atoms with Gasteiger partial charge in [0.25, 0.3) is 0 Å². The van der Waals surface area contributed by atoms with Crippen molar-refractivity contribution in [3.8, 4) is 6.07 Å². The molecule has 0 bridgehead atoms. The van der Waals surface area contributed by atoms with Crippen molar-refractivity contribution in [1.82, 2.24) is 0 Å². The first-order valence-corrected chi connectivity index (χ1v) is 5.77. The third kappa shape index (κ3) is 2.73. The van der Waals surface area contributed by atoms with Crippen LogP contribution in [0.4, 0.5) is 15.8 Å². The number of nitriles is 1. The largest absolute Gasteiger partial charge is 0.353 e. The second-order valence-corrected chi connectivity index (χ2v) is 4.39. The van der Waals surface area contributed by atoms with Crippen molar-refractivity contribution >= 4 is 34.6 Å². The van der Waals surface area contributed by atoms with Crippen LogP contribution in [0, 0.1) is 17.1 Å². The molecule has 2 aromatic rings. The van der Waals surface area contributed by atoms with Gasteiger partial charge in [-0.05, 0) is 36.4 Å². The summed E-state index contributed by atoms with van der Waals surface area (Å²) in [7, 11) is 0. The fraction of sp³-hybridized carbons (Fsp3) is 0. The third-order valence-corrected chi connectivity index (χ3v) is 2.85. The van der Waals surface area contributed by atoms with E-state index in [0.717, 1.165) is 0 Å². The molecular formula is C13H7Cl2FN2. The number of hydrogen-bond donors (Lipinski definition) is 1. The normalized spacial score (nSPS) is 9.89. The maximum Gasteiger partial charge on any atom is 0.124 e. The Morgan fingerprint density at radius 1 is 1.06 bits per heavy atom. The summed E-state index contributed by atoms with van der Waals surface area (Å²) in [4.78, 5) is 0. The van der Waals surface area contributed by atoms with Crippen LogP contribution in [0.5, 0.6) is 0 Å². The zero-order valence-corrected chi connectivity index (χ0v) is 10.6. The predicted molar refractivity (Wildman–Crippen MR) is 70.9 cm³/mol. The highest BCUT2D eigenvalue weighted by molar-refractivity contribution is 6.33. The van der Waals surface area contributed by atoms with E-state index >= 15 is 0 Å². The highest BCUT2D eigenvalue weighted by Gasteiger charge is 2.06. The third-order valence-electron chi connectivity index (χ3n) is 2.30. The summed E-state index contributed by atoms with van der Waals surface area (Å²) in [5.41, 5.74) is 1.48. The molecule has 0 atom stereocenters. The second-order valence-electron chi connectivity index (χ2n) is 3.55. The van der Waals surface area contributed by atoms with Crippen molar-refractivity contribution < 1.29 is 4.39 Å². The molecule has 0 heterocycles. The summed E-state index contributed by atoms with van der Waals surface area (Å²) in [6.45, 7) is 0. The number of benzene rings is 2. The standard InChI is InChI=1S/C13H7Cl2FN2/c14-9-1-3-12(8(5-9)7-17)18-13-4-2-10(16)6-11(13)15/h1-6,18H. The van der Waals surface area contributed by atoms with E-state index in [0.29, 0.717) is 22.0 Å². The molecule has 2 aromatic carbocycles. The SMILES string of the molecule is N#Cc1cc(Cl)ccc1Nc1ccc(F)cc1Cl. The van der Waals surface area contributed by atoms with Gasteiger partial charge in [-0.25, -0.2) is 4.39 Å². The molecule has 1 N–H and O–H groups in total. The average Bonchev–Trinajstić information content (AvgIpc) is 2.34. The number of anilines is 2. The predicted octanol–water partition coefficient (Wildman–Crippen LogP) is 4.75. The van der Waals surface area contributed by atoms with Gasteiger partial charge in [0.05, 0.1) is 22.0 Å². The van der Waals surface area contributed by atoms with Gasteiger partial charge in [0.2, 0.25) is 0 Å². The Morgan fingerprint density at radius 3 is 2.44 bits per heavy atom. The maximum absolute atomic E-state index is 12.9. The fourth-order valence-corrected chi connectivity index (χ4v) is 1.84. The van der Waals surface area contributed by atoms with E-state index in [-0.39, 0.29) is 5.02 Å². The zero-order valence-electron chi connectivity index (χ0n) is 9.05. The summed E-state index contributed by atoms with van der Waals surface area (Å²) in [6, 6.07) is 10.9. The summed E-state index contributed by atoms with van der Waals surface area (Å²) < 4.78 is 12.9. The van der Waals surface area contributed by atoms with Crippen LogP contribution >= 0.6 is 23.2 Å². The Hall–Kier alpha value is -1.76. The molecule has 0 unspecified atom stereocenters. The molecule has 0 amide bonds. The number of hydrogen-bond acceptors (Lipinski definition) is 2. The molecule has 0 aliphatic heterocycles. The first kappa shape index (κ1) is 12.7. The molecule has 0 aliphatic rings. The molecule has 90 valence electrons. The lowest BCUT2D eigenvalue weighted by atomic mass is 10.2. The van der Waals surface area contributed by atoms with Gasteiger partial charge < -0.3 is 5.32 Å². The molecule has 2 rings (SSSR count). The minimum absolute atomic E-state index is 0.244. The zero-order chi connectivity index (χ0) is 13.1. The van der Waals surface area contributed by atoms with Crippen LogP contribution in [0.2, 0.25) is 10.0 Å². The Labute approximate surface area is 114 Å². The smallest absolute Gasteiger partial charge is 0.124 e. The van der Waals surface area contributed by atoms with Gasteiger partial charge in [0.15, 0.2) is 0 Å². The first-order chi connectivity index (χ1) is 8.60. The van der Waals surface area contributed by atoms with Gasteiger partial charge in [0, 0.05) is 5.02 Å². The summed E-state index contributed by atoms with van der Waals surface area (Å²) in [5, 5.41) is 12.7. The van der Waals surface area contributed by atoms with Gasteiger partial charge in [-0.2, -0.15) is 5.26 Å². The second kappa shape index (κ2) is 5.26. The molecule has 5 heteroatoms. The van der Waals surface area contributed by atoms with Gasteiger partial charge in [-0.1, -0.05) is 23.2 Å². The molecule has 0 radical (unpaired) electrons. The van der Waals surface area contributed by atoms with Crippen LogP contribution in [0.25, 0.3) is 0 Å². The minimum atomic E-state index is -0.415. The lowest BCUT2D eigenvalue weighted by molar-refractivity contribution is 0.628. The van der Waals surface area contributed by atoms with E-state index in [1.165, 1.54) is 18.2 Å². The van der Waals surface area contributed by atoms with E-state index in [2.05, 4.69) is 5.32 Å². The Bertz CT molecular complexity index is 635. The lowest BCUT2D eigenvalue weighted by Gasteiger charge is -2.10. The highest BCUT2D eigenvalue weighted by Crippen LogP contribution is 2.28. The molecule has 0 saturated carbocycles. The summed E-state index contributed by atoms with van der Waals surface area (Å²) in [5.74, 6) is -0.415. The quantitative estimate of drug-likeness (QED) is 0.862. The molecular weight excluding hydrogens is 274 g/mol. The minimum Gasteiger partial charge on any atom is -0.353 e. The van der Waals surface area contributed by atoms with Crippen molar-refractivity contribution in [3.63, 3.8) is 0 Å². The van der Waals surface area contributed by atoms with E-state index in [9.17, 15) is 4.39 Å². The highest BCUT2D eigenvalue weighted by atomic mass is 35.5. The summed E-state index contributed by atoms with van der Waals surface area (Å²) in [6.07, 6.45) is 0. The van der Waals surface area contributed by atoms with Gasteiger partial charge in [0.1, 0.15) is 11.9 Å². The van der Waals surface area contributed by atoms with Crippen LogP contribution in [0.15, 0.2) is 36.4 Å². The number of halogens is 3. The first-order valence-electron chi connectivity index (χ1n) is 5.02. The fourth-order valence-electron chi connectivity index (χ4n) is 1.45. The van der Waals surface area contributed by atoms with E-state index in [1.54, 1.807) is 18.2 Å².